The van der Waals surface area contributed by atoms with E-state index in [2.05, 4.69) is 17.1 Å². The van der Waals surface area contributed by atoms with E-state index in [1.165, 1.54) is 5.56 Å². The fraction of sp³-hybridized carbons (Fsp3) is 0.435. The van der Waals surface area contributed by atoms with Gasteiger partial charge in [-0.2, -0.15) is 0 Å². The lowest BCUT2D eigenvalue weighted by Crippen LogP contribution is -2.49. The lowest BCUT2D eigenvalue weighted by molar-refractivity contribution is -0.131. The second-order valence-corrected chi connectivity index (χ2v) is 7.68. The number of hydrogen-bond acceptors (Lipinski definition) is 5. The van der Waals surface area contributed by atoms with Crippen LogP contribution in [-0.2, 0) is 4.79 Å². The highest BCUT2D eigenvalue weighted by Gasteiger charge is 2.24. The van der Waals surface area contributed by atoms with Crippen LogP contribution in [0, 0.1) is 13.8 Å². The van der Waals surface area contributed by atoms with Gasteiger partial charge >= 0.3 is 0 Å². The zero-order valence-corrected chi connectivity index (χ0v) is 17.8. The van der Waals surface area contributed by atoms with Crippen LogP contribution in [-0.4, -0.2) is 54.5 Å². The Morgan fingerprint density at radius 2 is 1.87 bits per heavy atom. The summed E-state index contributed by atoms with van der Waals surface area (Å²) in [5.74, 6) is 1.19. The third kappa shape index (κ3) is 5.49. The molecule has 2 N–H and O–H groups in total. The number of nitrogens with two attached hydrogens (primary N) is 1. The van der Waals surface area contributed by atoms with Crippen LogP contribution in [0.2, 0.25) is 0 Å². The number of aryl methyl sites for hydroxylation is 2. The number of amides is 2. The third-order valence-electron chi connectivity index (χ3n) is 5.37. The molecule has 1 saturated heterocycles. The number of benzene rings is 1. The van der Waals surface area contributed by atoms with Gasteiger partial charge in [0.15, 0.2) is 0 Å². The number of nitrogens with zero attached hydrogens (tertiary/aromatic N) is 3. The molecule has 7 nitrogen and oxygen atoms in total. The maximum atomic E-state index is 12.5. The minimum Gasteiger partial charge on any atom is -0.493 e. The van der Waals surface area contributed by atoms with Gasteiger partial charge in [-0.05, 0) is 56.0 Å². The van der Waals surface area contributed by atoms with E-state index < -0.39 is 5.91 Å². The lowest BCUT2D eigenvalue weighted by Gasteiger charge is -2.36. The van der Waals surface area contributed by atoms with Crippen molar-refractivity contribution in [2.45, 2.75) is 33.1 Å². The van der Waals surface area contributed by atoms with Crippen molar-refractivity contribution in [2.24, 2.45) is 5.73 Å². The summed E-state index contributed by atoms with van der Waals surface area (Å²) in [6.07, 6.45) is 3.82. The van der Waals surface area contributed by atoms with Crippen LogP contribution in [0.15, 0.2) is 36.5 Å². The zero-order chi connectivity index (χ0) is 21.5. The van der Waals surface area contributed by atoms with E-state index in [1.54, 1.807) is 18.3 Å². The first kappa shape index (κ1) is 21.6. The standard InChI is InChI=1S/C23H30N4O3/c1-17-8-9-18(2)20(16-17)30-15-4-3-7-21(28)26-11-13-27(14-12-26)23-19(22(24)29)6-5-10-25-23/h5-6,8-10,16H,3-4,7,11-15H2,1-2H3,(H2,24,29). The first-order chi connectivity index (χ1) is 14.5. The molecule has 2 heterocycles. The summed E-state index contributed by atoms with van der Waals surface area (Å²) in [7, 11) is 0. The Labute approximate surface area is 177 Å². The molecule has 0 aliphatic carbocycles. The van der Waals surface area contributed by atoms with Gasteiger partial charge in [0.25, 0.3) is 5.91 Å². The van der Waals surface area contributed by atoms with Crippen LogP contribution in [0.1, 0.15) is 40.7 Å². The minimum absolute atomic E-state index is 0.164. The largest absolute Gasteiger partial charge is 0.493 e. The molecular formula is C23H30N4O3. The average molecular weight is 411 g/mol. The quantitative estimate of drug-likeness (QED) is 0.676. The Kier molecular flexibility index (Phi) is 7.27. The smallest absolute Gasteiger partial charge is 0.252 e. The van der Waals surface area contributed by atoms with Gasteiger partial charge in [-0.25, -0.2) is 4.98 Å². The Balaban J connectivity index is 1.39. The number of rotatable bonds is 8. The van der Waals surface area contributed by atoms with Crippen LogP contribution in [0.3, 0.4) is 0 Å². The normalized spacial score (nSPS) is 13.9. The van der Waals surface area contributed by atoms with Crippen LogP contribution < -0.4 is 15.4 Å². The van der Waals surface area contributed by atoms with Crippen molar-refractivity contribution in [3.63, 3.8) is 0 Å². The molecule has 1 aromatic carbocycles. The molecule has 0 bridgehead atoms. The van der Waals surface area contributed by atoms with Crippen molar-refractivity contribution in [1.29, 1.82) is 0 Å². The maximum Gasteiger partial charge on any atom is 0.252 e. The van der Waals surface area contributed by atoms with E-state index in [1.807, 2.05) is 29.7 Å². The molecule has 30 heavy (non-hydrogen) atoms. The predicted octanol–water partition coefficient (Wildman–Crippen LogP) is 2.70. The molecule has 2 amide bonds. The second-order valence-electron chi connectivity index (χ2n) is 7.68. The fourth-order valence-electron chi connectivity index (χ4n) is 3.59. The van der Waals surface area contributed by atoms with E-state index in [-0.39, 0.29) is 5.91 Å². The fourth-order valence-corrected chi connectivity index (χ4v) is 3.59. The predicted molar refractivity (Wildman–Crippen MR) is 117 cm³/mol. The number of piperazine rings is 1. The van der Waals surface area contributed by atoms with Crippen LogP contribution >= 0.6 is 0 Å². The van der Waals surface area contributed by atoms with Gasteiger partial charge < -0.3 is 20.3 Å². The van der Waals surface area contributed by atoms with Crippen molar-refractivity contribution < 1.29 is 14.3 Å². The summed E-state index contributed by atoms with van der Waals surface area (Å²) < 4.78 is 5.86. The number of unbranched alkanes of at least 4 members (excludes halogenated alkanes) is 1. The molecule has 0 saturated carbocycles. The van der Waals surface area contributed by atoms with E-state index in [9.17, 15) is 9.59 Å². The first-order valence-corrected chi connectivity index (χ1v) is 10.4. The van der Waals surface area contributed by atoms with Crippen molar-refractivity contribution in [3.8, 4) is 5.75 Å². The van der Waals surface area contributed by atoms with Crippen molar-refractivity contribution in [3.05, 3.63) is 53.2 Å². The third-order valence-corrected chi connectivity index (χ3v) is 5.37. The number of aromatic nitrogens is 1. The summed E-state index contributed by atoms with van der Waals surface area (Å²) in [6, 6.07) is 9.56. The van der Waals surface area contributed by atoms with Crippen molar-refractivity contribution >= 4 is 17.6 Å². The number of carbonyl (C=O) groups is 2. The van der Waals surface area contributed by atoms with Gasteiger partial charge in [0.05, 0.1) is 12.2 Å². The topological polar surface area (TPSA) is 88.8 Å². The maximum absolute atomic E-state index is 12.5. The molecule has 160 valence electrons. The van der Waals surface area contributed by atoms with Crippen molar-refractivity contribution in [2.75, 3.05) is 37.7 Å². The Hall–Kier alpha value is -3.09. The van der Waals surface area contributed by atoms with Gasteiger partial charge in [0.2, 0.25) is 5.91 Å². The van der Waals surface area contributed by atoms with E-state index in [4.69, 9.17) is 10.5 Å². The van der Waals surface area contributed by atoms with Gasteiger partial charge in [0.1, 0.15) is 11.6 Å². The van der Waals surface area contributed by atoms with Gasteiger partial charge in [0, 0.05) is 38.8 Å². The number of hydrogen-bond donors (Lipinski definition) is 1. The molecule has 3 rings (SSSR count). The molecule has 1 aliphatic rings. The molecule has 0 atom stereocenters. The summed E-state index contributed by atoms with van der Waals surface area (Å²) >= 11 is 0. The van der Waals surface area contributed by atoms with E-state index >= 15 is 0 Å². The molecule has 0 radical (unpaired) electrons. The minimum atomic E-state index is -0.486. The lowest BCUT2D eigenvalue weighted by atomic mass is 10.1. The summed E-state index contributed by atoms with van der Waals surface area (Å²) in [4.78, 5) is 32.3. The second kappa shape index (κ2) is 10.1. The summed E-state index contributed by atoms with van der Waals surface area (Å²) in [5.41, 5.74) is 8.17. The van der Waals surface area contributed by atoms with Crippen molar-refractivity contribution in [1.82, 2.24) is 9.88 Å². The molecule has 0 spiro atoms. The number of anilines is 1. The highest BCUT2D eigenvalue weighted by atomic mass is 16.5. The SMILES string of the molecule is Cc1ccc(C)c(OCCCCC(=O)N2CCN(c3ncccc3C(N)=O)CC2)c1. The molecule has 7 heteroatoms. The number of carbonyl (C=O) groups excluding carboxylic acids is 2. The Bertz CT molecular complexity index is 892. The van der Waals surface area contributed by atoms with Crippen LogP contribution in [0.5, 0.6) is 5.75 Å². The van der Waals surface area contributed by atoms with Crippen LogP contribution in [0.25, 0.3) is 0 Å². The highest BCUT2D eigenvalue weighted by Crippen LogP contribution is 2.20. The highest BCUT2D eigenvalue weighted by molar-refractivity contribution is 5.97. The molecule has 2 aromatic rings. The molecule has 1 fully saturated rings. The van der Waals surface area contributed by atoms with Gasteiger partial charge in [-0.15, -0.1) is 0 Å². The molecule has 0 unspecified atom stereocenters. The van der Waals surface area contributed by atoms with E-state index in [0.717, 1.165) is 24.2 Å². The molecule has 1 aliphatic heterocycles. The Morgan fingerprint density at radius 1 is 1.10 bits per heavy atom. The number of ether oxygens (including phenoxy) is 1. The first-order valence-electron chi connectivity index (χ1n) is 10.4. The van der Waals surface area contributed by atoms with Crippen LogP contribution in [0.4, 0.5) is 5.82 Å². The zero-order valence-electron chi connectivity index (χ0n) is 17.8. The number of primary amides is 1. The van der Waals surface area contributed by atoms with Gasteiger partial charge in [-0.3, -0.25) is 9.59 Å². The summed E-state index contributed by atoms with van der Waals surface area (Å²) in [6.45, 7) is 7.21. The summed E-state index contributed by atoms with van der Waals surface area (Å²) in [5, 5.41) is 0. The number of pyridine rings is 1. The van der Waals surface area contributed by atoms with E-state index in [0.29, 0.717) is 50.6 Å². The molecule has 1 aromatic heterocycles. The molecular weight excluding hydrogens is 380 g/mol. The van der Waals surface area contributed by atoms with Gasteiger partial charge in [-0.1, -0.05) is 12.1 Å². The average Bonchev–Trinajstić information content (AvgIpc) is 2.75. The Morgan fingerprint density at radius 3 is 2.60 bits per heavy atom. The monoisotopic (exact) mass is 410 g/mol.